The Kier molecular flexibility index (Phi) is 7.19. The molecule has 9 heteroatoms. The van der Waals surface area contributed by atoms with Crippen molar-refractivity contribution in [1.29, 1.82) is 0 Å². The first-order valence-corrected chi connectivity index (χ1v) is 11.8. The van der Waals surface area contributed by atoms with Gasteiger partial charge in [-0.1, -0.05) is 30.3 Å². The van der Waals surface area contributed by atoms with Gasteiger partial charge in [-0.2, -0.15) is 5.10 Å². The van der Waals surface area contributed by atoms with Gasteiger partial charge >= 0.3 is 6.03 Å². The molecule has 0 spiro atoms. The molecule has 0 radical (unpaired) electrons. The summed E-state index contributed by atoms with van der Waals surface area (Å²) in [5, 5.41) is 13.8. The number of carbonyl (C=O) groups is 2. The fourth-order valence-corrected chi connectivity index (χ4v) is 4.36. The lowest BCUT2D eigenvalue weighted by Gasteiger charge is -2.15. The van der Waals surface area contributed by atoms with Gasteiger partial charge in [-0.15, -0.1) is 0 Å². The summed E-state index contributed by atoms with van der Waals surface area (Å²) in [6.07, 6.45) is 0.530. The van der Waals surface area contributed by atoms with Gasteiger partial charge in [0.25, 0.3) is 5.56 Å². The van der Waals surface area contributed by atoms with Crippen molar-refractivity contribution in [2.24, 2.45) is 7.05 Å². The Morgan fingerprint density at radius 1 is 1.00 bits per heavy atom. The van der Waals surface area contributed by atoms with Crippen molar-refractivity contribution in [2.75, 3.05) is 10.6 Å². The zero-order valence-electron chi connectivity index (χ0n) is 20.8. The molecule has 3 amide bonds. The van der Waals surface area contributed by atoms with Crippen LogP contribution in [-0.2, 0) is 18.3 Å². The predicted octanol–water partition coefficient (Wildman–Crippen LogP) is 4.33. The van der Waals surface area contributed by atoms with E-state index >= 15 is 0 Å². The van der Waals surface area contributed by atoms with Gasteiger partial charge in [0.1, 0.15) is 5.65 Å². The van der Waals surface area contributed by atoms with E-state index in [1.807, 2.05) is 63.2 Å². The third kappa shape index (κ3) is 5.46. The largest absolute Gasteiger partial charge is 0.350 e. The molecule has 186 valence electrons. The van der Waals surface area contributed by atoms with Gasteiger partial charge in [-0.3, -0.25) is 14.3 Å². The van der Waals surface area contributed by atoms with E-state index in [-0.39, 0.29) is 30.0 Å². The van der Waals surface area contributed by atoms with Gasteiger partial charge in [-0.25, -0.2) is 4.79 Å². The lowest BCUT2D eigenvalue weighted by molar-refractivity contribution is -0.121. The molecule has 2 heterocycles. The number of nitrogens with one attached hydrogen (secondary N) is 4. The zero-order valence-corrected chi connectivity index (χ0v) is 20.8. The highest BCUT2D eigenvalue weighted by atomic mass is 16.2. The smallest absolute Gasteiger partial charge is 0.323 e. The van der Waals surface area contributed by atoms with Crippen molar-refractivity contribution in [3.05, 3.63) is 87.3 Å². The maximum Gasteiger partial charge on any atom is 0.323 e. The van der Waals surface area contributed by atoms with Crippen LogP contribution in [0.5, 0.6) is 0 Å². The van der Waals surface area contributed by atoms with Crippen molar-refractivity contribution < 1.29 is 9.59 Å². The van der Waals surface area contributed by atoms with Crippen LogP contribution in [0, 0.1) is 13.8 Å². The summed E-state index contributed by atoms with van der Waals surface area (Å²) >= 11 is 0. The number of carbonyl (C=O) groups excluding carboxylic acids is 2. The third-order valence-electron chi connectivity index (χ3n) is 6.24. The molecule has 2 aromatic heterocycles. The zero-order chi connectivity index (χ0) is 25.8. The summed E-state index contributed by atoms with van der Waals surface area (Å²) in [5.41, 5.74) is 5.05. The molecule has 0 saturated heterocycles. The molecule has 1 atom stereocenters. The van der Waals surface area contributed by atoms with Crippen LogP contribution < -0.4 is 21.5 Å². The fraction of sp³-hybridized carbons (Fsp3) is 0.259. The summed E-state index contributed by atoms with van der Waals surface area (Å²) < 4.78 is 1.66. The van der Waals surface area contributed by atoms with Gasteiger partial charge in [0.15, 0.2) is 0 Å². The maximum atomic E-state index is 12.6. The van der Waals surface area contributed by atoms with E-state index in [2.05, 4.69) is 26.0 Å². The van der Waals surface area contributed by atoms with E-state index in [0.717, 1.165) is 22.2 Å². The number of urea groups is 1. The number of rotatable bonds is 7. The predicted molar refractivity (Wildman–Crippen MR) is 141 cm³/mol. The second-order valence-corrected chi connectivity index (χ2v) is 8.85. The number of hydrogen-bond acceptors (Lipinski definition) is 4. The number of hydrogen-bond donors (Lipinski definition) is 4. The Balaban J connectivity index is 1.33. The number of benzene rings is 2. The van der Waals surface area contributed by atoms with Crippen LogP contribution in [-0.4, -0.2) is 26.7 Å². The lowest BCUT2D eigenvalue weighted by atomic mass is 10.0. The van der Waals surface area contributed by atoms with Crippen molar-refractivity contribution >= 4 is 34.3 Å². The molecule has 0 bridgehead atoms. The van der Waals surface area contributed by atoms with Crippen molar-refractivity contribution in [2.45, 2.75) is 39.7 Å². The summed E-state index contributed by atoms with van der Waals surface area (Å²) in [6, 6.07) is 15.9. The first-order chi connectivity index (χ1) is 17.2. The van der Waals surface area contributed by atoms with E-state index < -0.39 is 0 Å². The molecule has 0 saturated carbocycles. The van der Waals surface area contributed by atoms with E-state index in [0.29, 0.717) is 29.0 Å². The highest BCUT2D eigenvalue weighted by Gasteiger charge is 2.17. The number of nitrogens with zero attached hydrogens (tertiary/aromatic N) is 2. The van der Waals surface area contributed by atoms with E-state index in [1.54, 1.807) is 23.9 Å². The van der Waals surface area contributed by atoms with Gasteiger partial charge in [0, 0.05) is 35.8 Å². The topological polar surface area (TPSA) is 121 Å². The third-order valence-corrected chi connectivity index (χ3v) is 6.24. The number of anilines is 2. The molecule has 0 fully saturated rings. The number of aromatic amines is 1. The number of pyridine rings is 1. The molecular weight excluding hydrogens is 456 g/mol. The van der Waals surface area contributed by atoms with Gasteiger partial charge in [0.2, 0.25) is 5.91 Å². The molecule has 2 aromatic carbocycles. The highest BCUT2D eigenvalue weighted by molar-refractivity contribution is 5.99. The first-order valence-electron chi connectivity index (χ1n) is 11.8. The first kappa shape index (κ1) is 24.7. The molecule has 4 rings (SSSR count). The SMILES string of the molecule is Cc1nn(C)c2[nH]c(=O)c(CCC(=O)NC(C)c3ccc(NC(=O)Nc4ccccc4)cc3)c(C)c12. The monoisotopic (exact) mass is 486 g/mol. The van der Waals surface area contributed by atoms with Crippen LogP contribution in [0.1, 0.15) is 41.8 Å². The van der Waals surface area contributed by atoms with Crippen LogP contribution in [0.4, 0.5) is 16.2 Å². The second-order valence-electron chi connectivity index (χ2n) is 8.85. The molecule has 0 aliphatic carbocycles. The standard InChI is InChI=1S/C27H30N6O3/c1-16-22(26(35)31-25-24(16)18(3)32-33(25)4)14-15-23(34)28-17(2)19-10-12-21(13-11-19)30-27(36)29-20-8-6-5-7-9-20/h5-13,17H,14-15H2,1-4H3,(H,28,34)(H,31,35)(H2,29,30,36). The average Bonchev–Trinajstić information content (AvgIpc) is 3.12. The summed E-state index contributed by atoms with van der Waals surface area (Å²) in [6.45, 7) is 5.70. The van der Waals surface area contributed by atoms with Crippen LogP contribution in [0.15, 0.2) is 59.4 Å². The van der Waals surface area contributed by atoms with Crippen LogP contribution in [0.2, 0.25) is 0 Å². The summed E-state index contributed by atoms with van der Waals surface area (Å²) in [4.78, 5) is 40.3. The summed E-state index contributed by atoms with van der Waals surface area (Å²) in [7, 11) is 1.79. The summed E-state index contributed by atoms with van der Waals surface area (Å²) in [5.74, 6) is -0.145. The van der Waals surface area contributed by atoms with Gasteiger partial charge in [-0.05, 0) is 62.6 Å². The maximum absolute atomic E-state index is 12.6. The second kappa shape index (κ2) is 10.5. The van der Waals surface area contributed by atoms with Crippen LogP contribution in [0.3, 0.4) is 0 Å². The van der Waals surface area contributed by atoms with Gasteiger partial charge in [0.05, 0.1) is 11.7 Å². The van der Waals surface area contributed by atoms with E-state index in [9.17, 15) is 14.4 Å². The molecular formula is C27H30N6O3. The van der Waals surface area contributed by atoms with Crippen molar-refractivity contribution in [3.63, 3.8) is 0 Å². The Hall–Kier alpha value is -4.40. The van der Waals surface area contributed by atoms with Crippen molar-refractivity contribution in [3.8, 4) is 0 Å². The van der Waals surface area contributed by atoms with Crippen molar-refractivity contribution in [1.82, 2.24) is 20.1 Å². The number of H-pyrrole nitrogens is 1. The number of aromatic nitrogens is 3. The van der Waals surface area contributed by atoms with Crippen LogP contribution >= 0.6 is 0 Å². The number of para-hydroxylation sites is 1. The quantitative estimate of drug-likeness (QED) is 0.311. The minimum atomic E-state index is -0.333. The molecule has 4 N–H and O–H groups in total. The molecule has 1 unspecified atom stereocenters. The normalized spacial score (nSPS) is 11.8. The Labute approximate surface area is 208 Å². The molecule has 36 heavy (non-hydrogen) atoms. The molecule has 0 aliphatic heterocycles. The highest BCUT2D eigenvalue weighted by Crippen LogP contribution is 2.22. The van der Waals surface area contributed by atoms with E-state index in [1.165, 1.54) is 0 Å². The number of aryl methyl sites for hydroxylation is 3. The van der Waals surface area contributed by atoms with E-state index in [4.69, 9.17) is 0 Å². The molecule has 9 nitrogen and oxygen atoms in total. The minimum Gasteiger partial charge on any atom is -0.350 e. The average molecular weight is 487 g/mol. The number of fused-ring (bicyclic) bond motifs is 1. The minimum absolute atomic E-state index is 0.145. The number of amides is 3. The molecule has 4 aromatic rings. The van der Waals surface area contributed by atoms with Crippen LogP contribution in [0.25, 0.3) is 11.0 Å². The Morgan fingerprint density at radius 3 is 2.31 bits per heavy atom. The lowest BCUT2D eigenvalue weighted by Crippen LogP contribution is -2.28. The fourth-order valence-electron chi connectivity index (χ4n) is 4.36. The molecule has 0 aliphatic rings. The van der Waals surface area contributed by atoms with Gasteiger partial charge < -0.3 is 20.9 Å². The Morgan fingerprint density at radius 2 is 1.64 bits per heavy atom. The Bertz CT molecular complexity index is 1460.